The van der Waals surface area contributed by atoms with Gasteiger partial charge in [0.1, 0.15) is 0 Å². The average molecular weight is 233 g/mol. The van der Waals surface area contributed by atoms with E-state index in [2.05, 4.69) is 13.8 Å². The molecule has 0 aliphatic rings. The van der Waals surface area contributed by atoms with Gasteiger partial charge in [0.05, 0.1) is 0 Å². The van der Waals surface area contributed by atoms with Crippen LogP contribution in [0.5, 0.6) is 0 Å². The predicted octanol–water partition coefficient (Wildman–Crippen LogP) is 3.68. The SMILES string of the molecule is CCN(C(=O)c1ccc(C(C)C)cc1)C(C)C. The maximum absolute atomic E-state index is 12.2. The van der Waals surface area contributed by atoms with E-state index in [0.29, 0.717) is 5.92 Å². The molecule has 17 heavy (non-hydrogen) atoms. The van der Waals surface area contributed by atoms with Crippen LogP contribution in [-0.2, 0) is 0 Å². The number of carbonyl (C=O) groups excluding carboxylic acids is 1. The Hall–Kier alpha value is -1.31. The highest BCUT2D eigenvalue weighted by Crippen LogP contribution is 2.16. The van der Waals surface area contributed by atoms with E-state index in [0.717, 1.165) is 12.1 Å². The molecule has 2 heteroatoms. The molecule has 1 amide bonds. The van der Waals surface area contributed by atoms with Crippen molar-refractivity contribution in [2.75, 3.05) is 6.54 Å². The summed E-state index contributed by atoms with van der Waals surface area (Å²) in [4.78, 5) is 14.1. The van der Waals surface area contributed by atoms with Crippen LogP contribution in [0.4, 0.5) is 0 Å². The van der Waals surface area contributed by atoms with Crippen molar-refractivity contribution in [2.45, 2.75) is 46.6 Å². The Morgan fingerprint density at radius 1 is 1.12 bits per heavy atom. The van der Waals surface area contributed by atoms with Crippen molar-refractivity contribution in [3.05, 3.63) is 35.4 Å². The lowest BCUT2D eigenvalue weighted by Crippen LogP contribution is -2.36. The minimum absolute atomic E-state index is 0.123. The molecule has 94 valence electrons. The van der Waals surface area contributed by atoms with E-state index in [1.165, 1.54) is 5.56 Å². The Balaban J connectivity index is 2.89. The summed E-state index contributed by atoms with van der Waals surface area (Å²) in [6, 6.07) is 8.21. The highest BCUT2D eigenvalue weighted by molar-refractivity contribution is 5.94. The summed E-state index contributed by atoms with van der Waals surface area (Å²) in [7, 11) is 0. The molecule has 0 radical (unpaired) electrons. The maximum atomic E-state index is 12.2. The largest absolute Gasteiger partial charge is 0.337 e. The number of benzene rings is 1. The van der Waals surface area contributed by atoms with Gasteiger partial charge in [-0.15, -0.1) is 0 Å². The molecule has 0 heterocycles. The first-order valence-corrected chi connectivity index (χ1v) is 6.38. The minimum atomic E-state index is 0.123. The molecule has 2 nitrogen and oxygen atoms in total. The fourth-order valence-corrected chi connectivity index (χ4v) is 1.92. The molecule has 0 fully saturated rings. The molecule has 1 rings (SSSR count). The first kappa shape index (κ1) is 13.8. The maximum Gasteiger partial charge on any atom is 0.254 e. The monoisotopic (exact) mass is 233 g/mol. The summed E-state index contributed by atoms with van der Waals surface area (Å²) in [5.74, 6) is 0.629. The summed E-state index contributed by atoms with van der Waals surface area (Å²) in [6.45, 7) is 11.2. The Kier molecular flexibility index (Phi) is 4.73. The lowest BCUT2D eigenvalue weighted by molar-refractivity contribution is 0.0717. The van der Waals surface area contributed by atoms with E-state index in [1.54, 1.807) is 0 Å². The third-order valence-electron chi connectivity index (χ3n) is 3.05. The van der Waals surface area contributed by atoms with Crippen LogP contribution in [0, 0.1) is 0 Å². The molecule has 0 N–H and O–H groups in total. The standard InChI is InChI=1S/C15H23NO/c1-6-16(12(4)5)15(17)14-9-7-13(8-10-14)11(2)3/h7-12H,6H2,1-5H3. The normalized spacial score (nSPS) is 11.0. The molecule has 0 unspecified atom stereocenters. The number of carbonyl (C=O) groups is 1. The average Bonchev–Trinajstić information content (AvgIpc) is 2.29. The lowest BCUT2D eigenvalue weighted by atomic mass is 10.0. The summed E-state index contributed by atoms with van der Waals surface area (Å²) >= 11 is 0. The topological polar surface area (TPSA) is 20.3 Å². The summed E-state index contributed by atoms with van der Waals surface area (Å²) in [5.41, 5.74) is 2.05. The zero-order valence-electron chi connectivity index (χ0n) is 11.5. The van der Waals surface area contributed by atoms with Crippen LogP contribution in [0.25, 0.3) is 0 Å². The fourth-order valence-electron chi connectivity index (χ4n) is 1.92. The number of hydrogen-bond donors (Lipinski definition) is 0. The first-order valence-electron chi connectivity index (χ1n) is 6.38. The zero-order valence-corrected chi connectivity index (χ0v) is 11.5. The smallest absolute Gasteiger partial charge is 0.254 e. The van der Waals surface area contributed by atoms with Crippen LogP contribution in [0.2, 0.25) is 0 Å². The van der Waals surface area contributed by atoms with Gasteiger partial charge in [0, 0.05) is 18.2 Å². The van der Waals surface area contributed by atoms with E-state index in [4.69, 9.17) is 0 Å². The molecule has 0 spiro atoms. The van der Waals surface area contributed by atoms with Gasteiger partial charge in [-0.2, -0.15) is 0 Å². The second-order valence-electron chi connectivity index (χ2n) is 4.96. The van der Waals surface area contributed by atoms with Crippen LogP contribution >= 0.6 is 0 Å². The van der Waals surface area contributed by atoms with Gasteiger partial charge in [-0.1, -0.05) is 26.0 Å². The number of rotatable bonds is 4. The molecule has 1 aromatic rings. The number of hydrogen-bond acceptors (Lipinski definition) is 1. The third-order valence-corrected chi connectivity index (χ3v) is 3.05. The van der Waals surface area contributed by atoms with Crippen molar-refractivity contribution in [3.8, 4) is 0 Å². The lowest BCUT2D eigenvalue weighted by Gasteiger charge is -2.25. The molecule has 0 aromatic heterocycles. The van der Waals surface area contributed by atoms with E-state index >= 15 is 0 Å². The molecular formula is C15H23NO. The highest BCUT2D eigenvalue weighted by Gasteiger charge is 2.16. The van der Waals surface area contributed by atoms with Crippen molar-refractivity contribution in [1.29, 1.82) is 0 Å². The van der Waals surface area contributed by atoms with E-state index in [1.807, 2.05) is 49.9 Å². The predicted molar refractivity (Wildman–Crippen MR) is 72.4 cm³/mol. The van der Waals surface area contributed by atoms with Gasteiger partial charge in [-0.25, -0.2) is 0 Å². The third kappa shape index (κ3) is 3.32. The number of amides is 1. The Bertz CT molecular complexity index is 365. The van der Waals surface area contributed by atoms with Crippen LogP contribution < -0.4 is 0 Å². The molecule has 0 atom stereocenters. The van der Waals surface area contributed by atoms with E-state index in [9.17, 15) is 4.79 Å². The van der Waals surface area contributed by atoms with Crippen LogP contribution in [-0.4, -0.2) is 23.4 Å². The molecule has 0 bridgehead atoms. The Morgan fingerprint density at radius 3 is 2.00 bits per heavy atom. The molecular weight excluding hydrogens is 210 g/mol. The second kappa shape index (κ2) is 5.85. The van der Waals surface area contributed by atoms with Gasteiger partial charge in [0.25, 0.3) is 5.91 Å². The van der Waals surface area contributed by atoms with Crippen molar-refractivity contribution in [2.24, 2.45) is 0 Å². The van der Waals surface area contributed by atoms with Gasteiger partial charge >= 0.3 is 0 Å². The van der Waals surface area contributed by atoms with Crippen LogP contribution in [0.15, 0.2) is 24.3 Å². The number of nitrogens with zero attached hydrogens (tertiary/aromatic N) is 1. The minimum Gasteiger partial charge on any atom is -0.337 e. The summed E-state index contributed by atoms with van der Waals surface area (Å²) < 4.78 is 0. The summed E-state index contributed by atoms with van der Waals surface area (Å²) in [5, 5.41) is 0. The quantitative estimate of drug-likeness (QED) is 0.777. The summed E-state index contributed by atoms with van der Waals surface area (Å²) in [6.07, 6.45) is 0. The van der Waals surface area contributed by atoms with Crippen LogP contribution in [0.3, 0.4) is 0 Å². The van der Waals surface area contributed by atoms with Crippen molar-refractivity contribution < 1.29 is 4.79 Å². The molecule has 0 saturated heterocycles. The zero-order chi connectivity index (χ0) is 13.0. The first-order chi connectivity index (χ1) is 7.97. The van der Waals surface area contributed by atoms with Crippen LogP contribution in [0.1, 0.15) is 56.5 Å². The van der Waals surface area contributed by atoms with Gasteiger partial charge in [-0.05, 0) is 44.4 Å². The highest BCUT2D eigenvalue weighted by atomic mass is 16.2. The van der Waals surface area contributed by atoms with Gasteiger partial charge in [-0.3, -0.25) is 4.79 Å². The van der Waals surface area contributed by atoms with E-state index < -0.39 is 0 Å². The fraction of sp³-hybridized carbons (Fsp3) is 0.533. The molecule has 0 aliphatic carbocycles. The van der Waals surface area contributed by atoms with Crippen molar-refractivity contribution in [1.82, 2.24) is 4.90 Å². The van der Waals surface area contributed by atoms with Crippen molar-refractivity contribution >= 4 is 5.91 Å². The Labute approximate surface area is 105 Å². The van der Waals surface area contributed by atoms with Gasteiger partial charge in [0.15, 0.2) is 0 Å². The van der Waals surface area contributed by atoms with Gasteiger partial charge < -0.3 is 4.90 Å². The van der Waals surface area contributed by atoms with Gasteiger partial charge in [0.2, 0.25) is 0 Å². The van der Waals surface area contributed by atoms with Crippen molar-refractivity contribution in [3.63, 3.8) is 0 Å². The Morgan fingerprint density at radius 2 is 1.65 bits per heavy atom. The molecule has 0 aliphatic heterocycles. The molecule has 1 aromatic carbocycles. The van der Waals surface area contributed by atoms with E-state index in [-0.39, 0.29) is 11.9 Å². The molecule has 0 saturated carbocycles. The second-order valence-corrected chi connectivity index (χ2v) is 4.96.